The molecule has 0 aromatic carbocycles. The van der Waals surface area contributed by atoms with Gasteiger partial charge in [0.05, 0.1) is 11.7 Å². The molecule has 2 rings (SSSR count). The monoisotopic (exact) mass is 260 g/mol. The van der Waals surface area contributed by atoms with Crippen molar-refractivity contribution in [2.75, 3.05) is 0 Å². The first kappa shape index (κ1) is 13.1. The van der Waals surface area contributed by atoms with Crippen LogP contribution in [0.4, 0.5) is 0 Å². The van der Waals surface area contributed by atoms with Crippen LogP contribution >= 0.6 is 0 Å². The molecule has 6 heteroatoms. The molecule has 1 amide bonds. The fourth-order valence-corrected chi connectivity index (χ4v) is 1.82. The van der Waals surface area contributed by atoms with Crippen molar-refractivity contribution in [3.63, 3.8) is 0 Å². The number of carbonyl (C=O) groups is 1. The van der Waals surface area contributed by atoms with Crippen molar-refractivity contribution in [1.82, 2.24) is 20.3 Å². The molecule has 100 valence electrons. The van der Waals surface area contributed by atoms with Gasteiger partial charge in [-0.15, -0.1) is 0 Å². The first-order valence-corrected chi connectivity index (χ1v) is 6.07. The maximum atomic E-state index is 12.0. The molecule has 0 radical (unpaired) electrons. The number of hydrogen-bond donors (Lipinski definition) is 3. The summed E-state index contributed by atoms with van der Waals surface area (Å²) in [6, 6.07) is 5.37. The topological polar surface area (TPSA) is 90.6 Å². The van der Waals surface area contributed by atoms with Gasteiger partial charge in [0.15, 0.2) is 0 Å². The lowest BCUT2D eigenvalue weighted by atomic mass is 10.00. The van der Waals surface area contributed by atoms with Gasteiger partial charge >= 0.3 is 5.69 Å². The smallest absolute Gasteiger partial charge is 0.323 e. The molecule has 0 saturated heterocycles. The number of imidazole rings is 1. The van der Waals surface area contributed by atoms with Crippen LogP contribution in [0.1, 0.15) is 36.1 Å². The summed E-state index contributed by atoms with van der Waals surface area (Å²) in [5.41, 5.74) is 0.611. The van der Waals surface area contributed by atoms with Crippen LogP contribution in [-0.4, -0.2) is 20.9 Å². The molecular weight excluding hydrogens is 244 g/mol. The van der Waals surface area contributed by atoms with Crippen molar-refractivity contribution in [2.24, 2.45) is 5.92 Å². The fraction of sp³-hybridized carbons (Fsp3) is 0.308. The van der Waals surface area contributed by atoms with Crippen molar-refractivity contribution in [1.29, 1.82) is 0 Å². The first-order chi connectivity index (χ1) is 9.08. The number of pyridine rings is 1. The third-order valence-electron chi connectivity index (χ3n) is 2.80. The summed E-state index contributed by atoms with van der Waals surface area (Å²) >= 11 is 0. The van der Waals surface area contributed by atoms with E-state index in [1.54, 1.807) is 6.20 Å². The molecule has 0 aliphatic carbocycles. The molecule has 0 bridgehead atoms. The zero-order valence-corrected chi connectivity index (χ0v) is 10.8. The van der Waals surface area contributed by atoms with E-state index in [-0.39, 0.29) is 23.6 Å². The van der Waals surface area contributed by atoms with Gasteiger partial charge in [-0.2, -0.15) is 0 Å². The molecule has 0 spiro atoms. The van der Waals surface area contributed by atoms with Gasteiger partial charge in [-0.3, -0.25) is 9.78 Å². The number of amides is 1. The van der Waals surface area contributed by atoms with Gasteiger partial charge in [0.1, 0.15) is 5.69 Å². The number of nitrogens with zero attached hydrogens (tertiary/aromatic N) is 1. The van der Waals surface area contributed by atoms with Gasteiger partial charge in [0.2, 0.25) is 0 Å². The van der Waals surface area contributed by atoms with E-state index >= 15 is 0 Å². The average Bonchev–Trinajstić information content (AvgIpc) is 2.83. The maximum Gasteiger partial charge on any atom is 0.323 e. The lowest BCUT2D eigenvalue weighted by Crippen LogP contribution is -2.32. The molecule has 0 fully saturated rings. The van der Waals surface area contributed by atoms with E-state index in [0.717, 1.165) is 5.69 Å². The van der Waals surface area contributed by atoms with Crippen LogP contribution in [0.25, 0.3) is 0 Å². The third kappa shape index (κ3) is 3.09. The second-order valence-electron chi connectivity index (χ2n) is 4.61. The van der Waals surface area contributed by atoms with Gasteiger partial charge in [-0.1, -0.05) is 19.9 Å². The van der Waals surface area contributed by atoms with Crippen molar-refractivity contribution < 1.29 is 4.79 Å². The van der Waals surface area contributed by atoms with Crippen LogP contribution in [0.15, 0.2) is 35.4 Å². The minimum Gasteiger partial charge on any atom is -0.342 e. The minimum atomic E-state index is -0.399. The molecule has 0 aliphatic rings. The molecule has 6 nitrogen and oxygen atoms in total. The first-order valence-electron chi connectivity index (χ1n) is 6.07. The highest BCUT2D eigenvalue weighted by molar-refractivity contribution is 5.92. The van der Waals surface area contributed by atoms with Gasteiger partial charge in [0, 0.05) is 12.4 Å². The quantitative estimate of drug-likeness (QED) is 0.772. The van der Waals surface area contributed by atoms with Crippen LogP contribution in [0.3, 0.4) is 0 Å². The average molecular weight is 260 g/mol. The van der Waals surface area contributed by atoms with Crippen LogP contribution < -0.4 is 11.0 Å². The summed E-state index contributed by atoms with van der Waals surface area (Å²) in [6.45, 7) is 4.00. The molecule has 2 heterocycles. The molecule has 19 heavy (non-hydrogen) atoms. The standard InChI is InChI=1S/C13H16N4O2/c1-8(2)11(9-5-3-4-6-14-9)17-12(18)10-7-15-13(19)16-10/h3-8,11H,1-2H3,(H,17,18)(H2,15,16,19). The van der Waals surface area contributed by atoms with Crippen LogP contribution in [0, 0.1) is 5.92 Å². The Morgan fingerprint density at radius 2 is 2.16 bits per heavy atom. The molecule has 0 aliphatic heterocycles. The normalized spacial score (nSPS) is 12.4. The van der Waals surface area contributed by atoms with Crippen LogP contribution in [-0.2, 0) is 0 Å². The second-order valence-corrected chi connectivity index (χ2v) is 4.61. The van der Waals surface area contributed by atoms with E-state index in [0.29, 0.717) is 0 Å². The van der Waals surface area contributed by atoms with E-state index in [9.17, 15) is 9.59 Å². The number of rotatable bonds is 4. The molecule has 2 aromatic rings. The Balaban J connectivity index is 2.18. The van der Waals surface area contributed by atoms with Crippen molar-refractivity contribution in [2.45, 2.75) is 19.9 Å². The summed E-state index contributed by atoms with van der Waals surface area (Å²) in [6.07, 6.45) is 3.04. The Bertz CT molecular complexity index is 600. The highest BCUT2D eigenvalue weighted by Gasteiger charge is 2.20. The number of nitrogens with one attached hydrogen (secondary N) is 3. The molecule has 2 aromatic heterocycles. The van der Waals surface area contributed by atoms with Crippen molar-refractivity contribution >= 4 is 5.91 Å². The second kappa shape index (κ2) is 5.51. The lowest BCUT2D eigenvalue weighted by molar-refractivity contribution is 0.0919. The van der Waals surface area contributed by atoms with E-state index < -0.39 is 5.69 Å². The summed E-state index contributed by atoms with van der Waals surface area (Å²) in [4.78, 5) is 32.1. The van der Waals surface area contributed by atoms with Gasteiger partial charge in [-0.05, 0) is 18.1 Å². The van der Waals surface area contributed by atoms with E-state index in [1.807, 2.05) is 32.0 Å². The lowest BCUT2D eigenvalue weighted by Gasteiger charge is -2.21. The number of aromatic nitrogens is 3. The van der Waals surface area contributed by atoms with E-state index in [2.05, 4.69) is 20.3 Å². The highest BCUT2D eigenvalue weighted by atomic mass is 16.2. The number of carbonyl (C=O) groups excluding carboxylic acids is 1. The molecule has 1 unspecified atom stereocenters. The molecular formula is C13H16N4O2. The van der Waals surface area contributed by atoms with Gasteiger partial charge < -0.3 is 15.3 Å². The Labute approximate surface area is 110 Å². The zero-order chi connectivity index (χ0) is 13.8. The Hall–Kier alpha value is -2.37. The number of aromatic amines is 2. The predicted molar refractivity (Wildman–Crippen MR) is 70.7 cm³/mol. The van der Waals surface area contributed by atoms with Crippen molar-refractivity contribution in [3.05, 3.63) is 52.5 Å². The van der Waals surface area contributed by atoms with Gasteiger partial charge in [0.25, 0.3) is 5.91 Å². The number of H-pyrrole nitrogens is 2. The summed E-state index contributed by atoms with van der Waals surface area (Å²) in [7, 11) is 0. The van der Waals surface area contributed by atoms with Crippen molar-refractivity contribution in [3.8, 4) is 0 Å². The Kier molecular flexibility index (Phi) is 3.79. The van der Waals surface area contributed by atoms with Crippen LogP contribution in [0.2, 0.25) is 0 Å². The number of hydrogen-bond acceptors (Lipinski definition) is 3. The van der Waals surface area contributed by atoms with Gasteiger partial charge in [-0.25, -0.2) is 4.79 Å². The Morgan fingerprint density at radius 1 is 1.37 bits per heavy atom. The highest BCUT2D eigenvalue weighted by Crippen LogP contribution is 2.19. The third-order valence-corrected chi connectivity index (χ3v) is 2.80. The minimum absolute atomic E-state index is 0.185. The molecule has 3 N–H and O–H groups in total. The summed E-state index contributed by atoms with van der Waals surface area (Å²) in [5.74, 6) is -0.146. The van der Waals surface area contributed by atoms with E-state index in [4.69, 9.17) is 0 Å². The largest absolute Gasteiger partial charge is 0.342 e. The molecule has 1 atom stereocenters. The Morgan fingerprint density at radius 3 is 2.68 bits per heavy atom. The van der Waals surface area contributed by atoms with E-state index in [1.165, 1.54) is 6.20 Å². The SMILES string of the molecule is CC(C)C(NC(=O)c1c[nH]c(=O)[nH]1)c1ccccn1. The predicted octanol–water partition coefficient (Wildman–Crippen LogP) is 1.23. The fourth-order valence-electron chi connectivity index (χ4n) is 1.82. The summed E-state index contributed by atoms with van der Waals surface area (Å²) < 4.78 is 0. The maximum absolute atomic E-state index is 12.0. The van der Waals surface area contributed by atoms with Crippen LogP contribution in [0.5, 0.6) is 0 Å². The summed E-state index contributed by atoms with van der Waals surface area (Å²) in [5, 5.41) is 2.87. The zero-order valence-electron chi connectivity index (χ0n) is 10.8. The molecule has 0 saturated carbocycles.